The summed E-state index contributed by atoms with van der Waals surface area (Å²) in [5.41, 5.74) is 7.15. The van der Waals surface area contributed by atoms with Crippen LogP contribution in [0.1, 0.15) is 23.7 Å². The van der Waals surface area contributed by atoms with E-state index in [1.54, 1.807) is 36.4 Å². The number of hydrogen-bond acceptors (Lipinski definition) is 4. The molecule has 5 nitrogen and oxygen atoms in total. The largest absolute Gasteiger partial charge is 0.388 e. The number of rotatable bonds is 5. The second-order valence-electron chi connectivity index (χ2n) is 4.49. The van der Waals surface area contributed by atoms with E-state index < -0.39 is 6.10 Å². The number of aliphatic hydroxyl groups excluding tert-OH is 1. The van der Waals surface area contributed by atoms with Crippen molar-refractivity contribution in [2.24, 2.45) is 0 Å². The molecule has 2 aromatic carbocycles. The van der Waals surface area contributed by atoms with Gasteiger partial charge in [-0.1, -0.05) is 30.3 Å². The number of aliphatic hydroxyl groups is 1. The molecule has 3 N–H and O–H groups in total. The molecule has 0 bridgehead atoms. The number of hydrazine groups is 1. The molecule has 1 amide bonds. The Morgan fingerprint density at radius 3 is 2.43 bits per heavy atom. The number of carbonyl (C=O) groups is 1. The van der Waals surface area contributed by atoms with E-state index in [0.29, 0.717) is 16.8 Å². The van der Waals surface area contributed by atoms with Crippen molar-refractivity contribution in [3.63, 3.8) is 0 Å². The van der Waals surface area contributed by atoms with Gasteiger partial charge in [-0.05, 0) is 29.8 Å². The molecular weight excluding hydrogens is 266 g/mol. The molecule has 0 saturated carbocycles. The first-order chi connectivity index (χ1) is 10.2. The minimum atomic E-state index is -0.839. The summed E-state index contributed by atoms with van der Waals surface area (Å²) in [7, 11) is 0. The quantitative estimate of drug-likeness (QED) is 0.733. The van der Waals surface area contributed by atoms with Gasteiger partial charge in [0.25, 0.3) is 0 Å². The maximum Gasteiger partial charge on any atom is 0.241 e. The summed E-state index contributed by atoms with van der Waals surface area (Å²) in [6.07, 6.45) is -0.873. The first-order valence-electron chi connectivity index (χ1n) is 6.47. The van der Waals surface area contributed by atoms with Crippen molar-refractivity contribution in [1.82, 2.24) is 5.43 Å². The molecule has 0 aromatic heterocycles. The average molecular weight is 281 g/mol. The van der Waals surface area contributed by atoms with E-state index in [1.165, 1.54) is 0 Å². The molecule has 1 atom stereocenters. The molecule has 0 heterocycles. The van der Waals surface area contributed by atoms with E-state index in [4.69, 9.17) is 5.26 Å². The number of carbonyl (C=O) groups excluding carboxylic acids is 1. The smallest absolute Gasteiger partial charge is 0.241 e. The Kier molecular flexibility index (Phi) is 4.91. The van der Waals surface area contributed by atoms with Crippen LogP contribution in [-0.4, -0.2) is 11.0 Å². The van der Waals surface area contributed by atoms with Gasteiger partial charge in [0.1, 0.15) is 0 Å². The lowest BCUT2D eigenvalue weighted by molar-refractivity contribution is -0.122. The minimum absolute atomic E-state index is 0.0344. The van der Waals surface area contributed by atoms with Gasteiger partial charge in [-0.15, -0.1) is 0 Å². The van der Waals surface area contributed by atoms with Gasteiger partial charge in [0.2, 0.25) is 5.91 Å². The van der Waals surface area contributed by atoms with E-state index in [0.717, 1.165) is 0 Å². The molecule has 1 unspecified atom stereocenters. The van der Waals surface area contributed by atoms with E-state index in [-0.39, 0.29) is 12.3 Å². The highest BCUT2D eigenvalue weighted by Gasteiger charge is 2.12. The van der Waals surface area contributed by atoms with E-state index >= 15 is 0 Å². The van der Waals surface area contributed by atoms with Gasteiger partial charge in [-0.3, -0.25) is 15.6 Å². The summed E-state index contributed by atoms with van der Waals surface area (Å²) >= 11 is 0. The van der Waals surface area contributed by atoms with Crippen LogP contribution in [0.2, 0.25) is 0 Å². The molecule has 5 heteroatoms. The van der Waals surface area contributed by atoms with Crippen molar-refractivity contribution in [3.05, 3.63) is 65.7 Å². The average Bonchev–Trinajstić information content (AvgIpc) is 2.54. The maximum atomic E-state index is 11.7. The van der Waals surface area contributed by atoms with Crippen molar-refractivity contribution < 1.29 is 9.90 Å². The van der Waals surface area contributed by atoms with Crippen LogP contribution >= 0.6 is 0 Å². The summed E-state index contributed by atoms with van der Waals surface area (Å²) in [6.45, 7) is 0. The third-order valence-corrected chi connectivity index (χ3v) is 2.92. The van der Waals surface area contributed by atoms with Crippen molar-refractivity contribution >= 4 is 11.6 Å². The number of amides is 1. The van der Waals surface area contributed by atoms with Gasteiger partial charge in [-0.2, -0.15) is 5.26 Å². The first-order valence-corrected chi connectivity index (χ1v) is 6.47. The fraction of sp³-hybridized carbons (Fsp3) is 0.125. The third-order valence-electron chi connectivity index (χ3n) is 2.92. The zero-order valence-corrected chi connectivity index (χ0v) is 11.3. The van der Waals surface area contributed by atoms with Gasteiger partial charge >= 0.3 is 0 Å². The molecular formula is C16H15N3O2. The van der Waals surface area contributed by atoms with Crippen LogP contribution in [0.3, 0.4) is 0 Å². The number of nitrogens with one attached hydrogen (secondary N) is 2. The van der Waals surface area contributed by atoms with E-state index in [9.17, 15) is 9.90 Å². The van der Waals surface area contributed by atoms with Crippen molar-refractivity contribution in [2.45, 2.75) is 12.5 Å². The number of anilines is 1. The summed E-state index contributed by atoms with van der Waals surface area (Å²) in [5.74, 6) is -0.323. The highest BCUT2D eigenvalue weighted by atomic mass is 16.3. The summed E-state index contributed by atoms with van der Waals surface area (Å²) in [6, 6.07) is 17.7. The topological polar surface area (TPSA) is 85.2 Å². The van der Waals surface area contributed by atoms with Crippen LogP contribution in [0.25, 0.3) is 0 Å². The SMILES string of the molecule is N#Cc1ccc(NNC(=O)CC(O)c2ccccc2)cc1. The fourth-order valence-electron chi connectivity index (χ4n) is 1.79. The second kappa shape index (κ2) is 7.08. The summed E-state index contributed by atoms with van der Waals surface area (Å²) < 4.78 is 0. The van der Waals surface area contributed by atoms with Crippen LogP contribution < -0.4 is 10.9 Å². The lowest BCUT2D eigenvalue weighted by Crippen LogP contribution is -2.30. The number of hydrogen-bond donors (Lipinski definition) is 3. The highest BCUT2D eigenvalue weighted by Crippen LogP contribution is 2.15. The second-order valence-corrected chi connectivity index (χ2v) is 4.49. The van der Waals surface area contributed by atoms with Crippen LogP contribution in [0, 0.1) is 11.3 Å². The molecule has 2 rings (SSSR count). The third kappa shape index (κ3) is 4.34. The van der Waals surface area contributed by atoms with Gasteiger partial charge < -0.3 is 5.11 Å². The first kappa shape index (κ1) is 14.6. The minimum Gasteiger partial charge on any atom is -0.388 e. The normalized spacial score (nSPS) is 11.2. The van der Waals surface area contributed by atoms with E-state index in [2.05, 4.69) is 10.9 Å². The Morgan fingerprint density at radius 2 is 1.81 bits per heavy atom. The van der Waals surface area contributed by atoms with E-state index in [1.807, 2.05) is 24.3 Å². The number of nitriles is 1. The molecule has 0 fully saturated rings. The highest BCUT2D eigenvalue weighted by molar-refractivity contribution is 5.78. The monoisotopic (exact) mass is 281 g/mol. The van der Waals surface area contributed by atoms with Crippen molar-refractivity contribution in [3.8, 4) is 6.07 Å². The van der Waals surface area contributed by atoms with Gasteiger partial charge in [0.15, 0.2) is 0 Å². The molecule has 2 aromatic rings. The Morgan fingerprint density at radius 1 is 1.14 bits per heavy atom. The predicted octanol–water partition coefficient (Wildman–Crippen LogP) is 2.13. The number of benzene rings is 2. The zero-order valence-electron chi connectivity index (χ0n) is 11.3. The van der Waals surface area contributed by atoms with Crippen LogP contribution in [0.5, 0.6) is 0 Å². The molecule has 21 heavy (non-hydrogen) atoms. The van der Waals surface area contributed by atoms with Crippen LogP contribution in [0.4, 0.5) is 5.69 Å². The molecule has 0 aliphatic rings. The molecule has 0 radical (unpaired) electrons. The maximum absolute atomic E-state index is 11.7. The van der Waals surface area contributed by atoms with Crippen LogP contribution in [-0.2, 0) is 4.79 Å². The van der Waals surface area contributed by atoms with Crippen LogP contribution in [0.15, 0.2) is 54.6 Å². The Bertz CT molecular complexity index is 633. The Hall–Kier alpha value is -2.84. The lowest BCUT2D eigenvalue weighted by atomic mass is 10.1. The molecule has 0 saturated heterocycles. The number of nitrogens with zero attached hydrogens (tertiary/aromatic N) is 1. The molecule has 0 aliphatic heterocycles. The summed E-state index contributed by atoms with van der Waals surface area (Å²) in [5, 5.41) is 18.6. The fourth-order valence-corrected chi connectivity index (χ4v) is 1.79. The van der Waals surface area contributed by atoms with Crippen molar-refractivity contribution in [2.75, 3.05) is 5.43 Å². The standard InChI is InChI=1S/C16H15N3O2/c17-11-12-6-8-14(9-7-12)18-19-16(21)10-15(20)13-4-2-1-3-5-13/h1-9,15,18,20H,10H2,(H,19,21). The predicted molar refractivity (Wildman–Crippen MR) is 78.9 cm³/mol. The molecule has 106 valence electrons. The van der Waals surface area contributed by atoms with Gasteiger partial charge in [0, 0.05) is 0 Å². The Labute approximate surface area is 122 Å². The zero-order chi connectivity index (χ0) is 15.1. The van der Waals surface area contributed by atoms with Gasteiger partial charge in [0.05, 0.1) is 29.8 Å². The van der Waals surface area contributed by atoms with Crippen molar-refractivity contribution in [1.29, 1.82) is 5.26 Å². The molecule has 0 aliphatic carbocycles. The summed E-state index contributed by atoms with van der Waals surface area (Å²) in [4.78, 5) is 11.7. The Balaban J connectivity index is 1.83. The molecule has 0 spiro atoms. The van der Waals surface area contributed by atoms with Gasteiger partial charge in [-0.25, -0.2) is 0 Å². The lowest BCUT2D eigenvalue weighted by Gasteiger charge is -2.12.